The fraction of sp³-hybridized carbons (Fsp3) is 0.316. The Bertz CT molecular complexity index is 713. The van der Waals surface area contributed by atoms with Crippen molar-refractivity contribution in [3.63, 3.8) is 0 Å². The first-order valence-corrected chi connectivity index (χ1v) is 8.24. The van der Waals surface area contributed by atoms with Crippen molar-refractivity contribution in [3.05, 3.63) is 54.4 Å². The molecule has 3 rings (SSSR count). The van der Waals surface area contributed by atoms with Gasteiger partial charge in [-0.05, 0) is 55.7 Å². The molecule has 5 heteroatoms. The van der Waals surface area contributed by atoms with Crippen molar-refractivity contribution in [2.75, 3.05) is 10.2 Å². The summed E-state index contributed by atoms with van der Waals surface area (Å²) in [7, 11) is 0. The van der Waals surface area contributed by atoms with Gasteiger partial charge in [-0.15, -0.1) is 0 Å². The summed E-state index contributed by atoms with van der Waals surface area (Å²) in [5.74, 6) is 0.132. The maximum absolute atomic E-state index is 12.0. The molecule has 0 spiro atoms. The molecule has 2 aromatic rings. The van der Waals surface area contributed by atoms with Crippen LogP contribution in [0.3, 0.4) is 0 Å². The number of hydrogen-bond acceptors (Lipinski definition) is 3. The highest BCUT2D eigenvalue weighted by Crippen LogP contribution is 2.27. The summed E-state index contributed by atoms with van der Waals surface area (Å²) >= 11 is 0. The average molecular weight is 323 g/mol. The minimum Gasteiger partial charge on any atom is -0.326 e. The molecule has 1 atom stereocenters. The second-order valence-corrected chi connectivity index (χ2v) is 6.11. The molecule has 24 heavy (non-hydrogen) atoms. The van der Waals surface area contributed by atoms with E-state index < -0.39 is 0 Å². The lowest BCUT2D eigenvalue weighted by Gasteiger charge is -2.21. The number of nitrogens with zero attached hydrogens (tertiary/aromatic N) is 2. The number of aryl methyl sites for hydroxylation is 1. The molecule has 1 aliphatic heterocycles. The molecule has 124 valence electrons. The number of carbonyl (C=O) groups excluding carboxylic acids is 2. The second-order valence-electron chi connectivity index (χ2n) is 6.11. The zero-order valence-electron chi connectivity index (χ0n) is 13.7. The zero-order valence-corrected chi connectivity index (χ0v) is 13.7. The summed E-state index contributed by atoms with van der Waals surface area (Å²) in [6, 6.07) is 11.5. The molecule has 0 radical (unpaired) electrons. The van der Waals surface area contributed by atoms with Gasteiger partial charge < -0.3 is 10.2 Å². The van der Waals surface area contributed by atoms with Gasteiger partial charge in [-0.25, -0.2) is 0 Å². The van der Waals surface area contributed by atoms with Crippen molar-refractivity contribution in [2.24, 2.45) is 0 Å². The third kappa shape index (κ3) is 3.79. The summed E-state index contributed by atoms with van der Waals surface area (Å²) in [4.78, 5) is 29.8. The van der Waals surface area contributed by atoms with Crippen LogP contribution in [0.25, 0.3) is 0 Å². The summed E-state index contributed by atoms with van der Waals surface area (Å²) in [5.41, 5.74) is 2.68. The number of amides is 2. The van der Waals surface area contributed by atoms with Gasteiger partial charge >= 0.3 is 0 Å². The SMILES string of the molecule is CC1CCC(=O)N1c1ccc(NC(=O)CCc2cccnc2)cc1. The Hall–Kier alpha value is -2.69. The van der Waals surface area contributed by atoms with Crippen LogP contribution in [0.2, 0.25) is 0 Å². The van der Waals surface area contributed by atoms with Crippen molar-refractivity contribution in [3.8, 4) is 0 Å². The van der Waals surface area contributed by atoms with Crippen LogP contribution in [0.1, 0.15) is 31.7 Å². The minimum absolute atomic E-state index is 0.0304. The Morgan fingerprint density at radius 3 is 2.71 bits per heavy atom. The van der Waals surface area contributed by atoms with Gasteiger partial charge in [0.05, 0.1) is 0 Å². The van der Waals surface area contributed by atoms with Gasteiger partial charge in [-0.1, -0.05) is 6.07 Å². The lowest BCUT2D eigenvalue weighted by Crippen LogP contribution is -2.30. The zero-order chi connectivity index (χ0) is 16.9. The van der Waals surface area contributed by atoms with Gasteiger partial charge in [0.1, 0.15) is 0 Å². The normalized spacial score (nSPS) is 17.1. The topological polar surface area (TPSA) is 62.3 Å². The van der Waals surface area contributed by atoms with Crippen molar-refractivity contribution in [1.29, 1.82) is 0 Å². The summed E-state index contributed by atoms with van der Waals surface area (Å²) in [6.45, 7) is 2.05. The van der Waals surface area contributed by atoms with E-state index in [0.717, 1.165) is 23.4 Å². The number of carbonyl (C=O) groups is 2. The predicted molar refractivity (Wildman–Crippen MR) is 93.8 cm³/mol. The molecule has 0 saturated carbocycles. The van der Waals surface area contributed by atoms with Crippen LogP contribution >= 0.6 is 0 Å². The predicted octanol–water partition coefficient (Wildman–Crippen LogP) is 3.17. The molecule has 2 heterocycles. The van der Waals surface area contributed by atoms with Crippen molar-refractivity contribution in [1.82, 2.24) is 4.98 Å². The lowest BCUT2D eigenvalue weighted by atomic mass is 10.1. The highest BCUT2D eigenvalue weighted by molar-refractivity contribution is 5.96. The standard InChI is InChI=1S/C19H21N3O2/c1-14-4-11-19(24)22(14)17-8-6-16(7-9-17)21-18(23)10-5-15-3-2-12-20-13-15/h2-3,6-9,12-14H,4-5,10-11H2,1H3,(H,21,23). The maximum atomic E-state index is 12.0. The smallest absolute Gasteiger partial charge is 0.227 e. The van der Waals surface area contributed by atoms with E-state index in [0.29, 0.717) is 19.3 Å². The van der Waals surface area contributed by atoms with E-state index in [-0.39, 0.29) is 17.9 Å². The average Bonchev–Trinajstić information content (AvgIpc) is 2.93. The van der Waals surface area contributed by atoms with Gasteiger partial charge in [0.25, 0.3) is 0 Å². The third-order valence-electron chi connectivity index (χ3n) is 4.28. The highest BCUT2D eigenvalue weighted by atomic mass is 16.2. The van der Waals surface area contributed by atoms with E-state index in [4.69, 9.17) is 0 Å². The minimum atomic E-state index is -0.0304. The molecular formula is C19H21N3O2. The van der Waals surface area contributed by atoms with Crippen LogP contribution in [0.4, 0.5) is 11.4 Å². The molecule has 1 aromatic carbocycles. The quantitative estimate of drug-likeness (QED) is 0.919. The molecule has 0 bridgehead atoms. The molecule has 2 amide bonds. The second kappa shape index (κ2) is 7.25. The van der Waals surface area contributed by atoms with Crippen LogP contribution in [0.5, 0.6) is 0 Å². The summed E-state index contributed by atoms with van der Waals surface area (Å²) in [5, 5.41) is 2.89. The Morgan fingerprint density at radius 1 is 1.29 bits per heavy atom. The van der Waals surface area contributed by atoms with Gasteiger partial charge in [0, 0.05) is 42.7 Å². The van der Waals surface area contributed by atoms with Crippen molar-refractivity contribution < 1.29 is 9.59 Å². The maximum Gasteiger partial charge on any atom is 0.227 e. The van der Waals surface area contributed by atoms with Crippen LogP contribution in [0, 0.1) is 0 Å². The number of pyridine rings is 1. The van der Waals surface area contributed by atoms with E-state index in [1.165, 1.54) is 0 Å². The fourth-order valence-electron chi connectivity index (χ4n) is 2.96. The molecule has 1 N–H and O–H groups in total. The Morgan fingerprint density at radius 2 is 2.08 bits per heavy atom. The Kier molecular flexibility index (Phi) is 4.89. The number of hydrogen-bond donors (Lipinski definition) is 1. The lowest BCUT2D eigenvalue weighted by molar-refractivity contribution is -0.117. The number of aromatic nitrogens is 1. The van der Waals surface area contributed by atoms with Crippen LogP contribution in [-0.2, 0) is 16.0 Å². The molecule has 1 aromatic heterocycles. The first kappa shape index (κ1) is 16.2. The first-order valence-electron chi connectivity index (χ1n) is 8.24. The van der Waals surface area contributed by atoms with Gasteiger partial charge in [0.2, 0.25) is 11.8 Å². The highest BCUT2D eigenvalue weighted by Gasteiger charge is 2.28. The molecular weight excluding hydrogens is 302 g/mol. The van der Waals surface area contributed by atoms with Gasteiger partial charge in [-0.2, -0.15) is 0 Å². The molecule has 1 unspecified atom stereocenters. The number of nitrogens with one attached hydrogen (secondary N) is 1. The summed E-state index contributed by atoms with van der Waals surface area (Å²) < 4.78 is 0. The number of rotatable bonds is 5. The molecule has 1 saturated heterocycles. The summed E-state index contributed by atoms with van der Waals surface area (Å²) in [6.07, 6.45) is 6.07. The number of anilines is 2. The Labute approximate surface area is 141 Å². The fourth-order valence-corrected chi connectivity index (χ4v) is 2.96. The van der Waals surface area contributed by atoms with Crippen LogP contribution < -0.4 is 10.2 Å². The van der Waals surface area contributed by atoms with Gasteiger partial charge in [-0.3, -0.25) is 14.6 Å². The number of benzene rings is 1. The van der Waals surface area contributed by atoms with Crippen molar-refractivity contribution >= 4 is 23.2 Å². The third-order valence-corrected chi connectivity index (χ3v) is 4.28. The largest absolute Gasteiger partial charge is 0.326 e. The Balaban J connectivity index is 1.56. The monoisotopic (exact) mass is 323 g/mol. The molecule has 1 aliphatic rings. The van der Waals surface area contributed by atoms with Crippen molar-refractivity contribution in [2.45, 2.75) is 38.6 Å². The van der Waals surface area contributed by atoms with E-state index in [1.54, 1.807) is 12.4 Å². The molecule has 0 aliphatic carbocycles. The molecule has 5 nitrogen and oxygen atoms in total. The first-order chi connectivity index (χ1) is 11.6. The molecule has 1 fully saturated rings. The van der Waals surface area contributed by atoms with E-state index in [1.807, 2.05) is 41.3 Å². The van der Waals surface area contributed by atoms with E-state index in [9.17, 15) is 9.59 Å². The van der Waals surface area contributed by atoms with Crippen LogP contribution in [-0.4, -0.2) is 22.8 Å². The van der Waals surface area contributed by atoms with Gasteiger partial charge in [0.15, 0.2) is 0 Å². The van der Waals surface area contributed by atoms with E-state index in [2.05, 4.69) is 17.2 Å². The van der Waals surface area contributed by atoms with Crippen LogP contribution in [0.15, 0.2) is 48.8 Å². The van der Waals surface area contributed by atoms with E-state index >= 15 is 0 Å².